The molecule has 0 spiro atoms. The van der Waals surface area contributed by atoms with Crippen molar-refractivity contribution < 1.29 is 10.2 Å². The van der Waals surface area contributed by atoms with Crippen LogP contribution in [0.15, 0.2) is 48.5 Å². The van der Waals surface area contributed by atoms with Gasteiger partial charge < -0.3 is 10.2 Å². The van der Waals surface area contributed by atoms with Crippen LogP contribution in [0.5, 0.6) is 0 Å². The van der Waals surface area contributed by atoms with Crippen LogP contribution < -0.4 is 0 Å². The lowest BCUT2D eigenvalue weighted by atomic mass is 9.56. The summed E-state index contributed by atoms with van der Waals surface area (Å²) in [6, 6.07) is 17.2. The van der Waals surface area contributed by atoms with Crippen molar-refractivity contribution in [2.24, 2.45) is 11.8 Å². The van der Waals surface area contributed by atoms with E-state index in [1.165, 1.54) is 11.1 Å². The molecule has 2 aromatic carbocycles. The third-order valence-electron chi connectivity index (χ3n) is 8.17. The number of hydrogen-bond donors (Lipinski definition) is 2. The van der Waals surface area contributed by atoms with Crippen LogP contribution in [0, 0.1) is 11.8 Å². The van der Waals surface area contributed by atoms with Gasteiger partial charge in [0.25, 0.3) is 0 Å². The average Bonchev–Trinajstić information content (AvgIpc) is 2.72. The van der Waals surface area contributed by atoms with Gasteiger partial charge in [-0.2, -0.15) is 0 Å². The Morgan fingerprint density at radius 3 is 1.23 bits per heavy atom. The fourth-order valence-corrected chi connectivity index (χ4v) is 5.92. The van der Waals surface area contributed by atoms with E-state index in [1.54, 1.807) is 0 Å². The first-order chi connectivity index (χ1) is 14.3. The monoisotopic (exact) mass is 420 g/mol. The molecule has 168 valence electrons. The lowest BCUT2D eigenvalue weighted by molar-refractivity contribution is -0.155. The van der Waals surface area contributed by atoms with E-state index in [-0.39, 0.29) is 22.7 Å². The SMILES string of the molecule is CC(C)(C)c1ccc([C@@]2(O)CC[C@H]3C[C@@H]2CC[C@]3(O)c2ccc(C(C)(C)C)cc2)cc1. The average molecular weight is 421 g/mol. The van der Waals surface area contributed by atoms with Crippen molar-refractivity contribution in [1.29, 1.82) is 0 Å². The smallest absolute Gasteiger partial charge is 0.0924 e. The first-order valence-corrected chi connectivity index (χ1v) is 12.0. The molecule has 0 radical (unpaired) electrons. The van der Waals surface area contributed by atoms with Crippen LogP contribution >= 0.6 is 0 Å². The quantitative estimate of drug-likeness (QED) is 0.577. The molecule has 0 saturated heterocycles. The Bertz CT molecular complexity index is 836. The van der Waals surface area contributed by atoms with Crippen molar-refractivity contribution in [1.82, 2.24) is 0 Å². The van der Waals surface area contributed by atoms with Gasteiger partial charge in [-0.05, 0) is 77.0 Å². The molecule has 0 heterocycles. The maximum atomic E-state index is 11.7. The summed E-state index contributed by atoms with van der Waals surface area (Å²) >= 11 is 0. The van der Waals surface area contributed by atoms with Gasteiger partial charge in [-0.25, -0.2) is 0 Å². The van der Waals surface area contributed by atoms with Crippen molar-refractivity contribution in [2.75, 3.05) is 0 Å². The summed E-state index contributed by atoms with van der Waals surface area (Å²) < 4.78 is 0. The number of benzene rings is 2. The summed E-state index contributed by atoms with van der Waals surface area (Å²) in [6.45, 7) is 13.3. The lowest BCUT2D eigenvalue weighted by Gasteiger charge is -2.53. The lowest BCUT2D eigenvalue weighted by Crippen LogP contribution is -2.51. The summed E-state index contributed by atoms with van der Waals surface area (Å²) in [4.78, 5) is 0. The van der Waals surface area contributed by atoms with Gasteiger partial charge in [0.15, 0.2) is 0 Å². The van der Waals surface area contributed by atoms with Gasteiger partial charge in [-0.1, -0.05) is 90.1 Å². The molecule has 0 amide bonds. The second-order valence-electron chi connectivity index (χ2n) is 12.2. The Labute approximate surface area is 188 Å². The Kier molecular flexibility index (Phi) is 5.42. The first kappa shape index (κ1) is 22.6. The molecule has 2 aliphatic rings. The van der Waals surface area contributed by atoms with E-state index in [1.807, 2.05) is 0 Å². The van der Waals surface area contributed by atoms with Gasteiger partial charge in [-0.3, -0.25) is 0 Å². The standard InChI is InChI=1S/C29H40O2/c1-26(2,3)20-7-11-22(12-8-20)28(30)17-15-25-19-24(28)16-18-29(25,31)23-13-9-21(10-14-23)27(4,5)6/h7-14,24-25,30-31H,15-19H2,1-6H3/t24-,25-,28-,29-/m0/s1. The number of aliphatic hydroxyl groups is 2. The highest BCUT2D eigenvalue weighted by Gasteiger charge is 2.53. The Morgan fingerprint density at radius 2 is 0.935 bits per heavy atom. The van der Waals surface area contributed by atoms with Crippen molar-refractivity contribution in [3.05, 3.63) is 70.8 Å². The number of hydrogen-bond acceptors (Lipinski definition) is 2. The Hall–Kier alpha value is -1.64. The molecular weight excluding hydrogens is 380 g/mol. The van der Waals surface area contributed by atoms with Crippen molar-refractivity contribution >= 4 is 0 Å². The molecule has 2 aliphatic carbocycles. The molecule has 0 aliphatic heterocycles. The zero-order valence-corrected chi connectivity index (χ0v) is 20.2. The van der Waals surface area contributed by atoms with Crippen LogP contribution in [0.3, 0.4) is 0 Å². The highest BCUT2D eigenvalue weighted by Crippen LogP contribution is 2.56. The molecule has 0 aromatic heterocycles. The summed E-state index contributed by atoms with van der Waals surface area (Å²) in [7, 11) is 0. The van der Waals surface area contributed by atoms with E-state index in [0.717, 1.165) is 43.2 Å². The van der Waals surface area contributed by atoms with Crippen LogP contribution in [-0.4, -0.2) is 10.2 Å². The predicted octanol–water partition coefficient (Wildman–Crippen LogP) is 6.57. The van der Waals surface area contributed by atoms with Crippen molar-refractivity contribution in [3.63, 3.8) is 0 Å². The first-order valence-electron chi connectivity index (χ1n) is 12.0. The molecule has 2 heteroatoms. The van der Waals surface area contributed by atoms with Gasteiger partial charge in [0.2, 0.25) is 0 Å². The van der Waals surface area contributed by atoms with Gasteiger partial charge in [-0.15, -0.1) is 0 Å². The maximum Gasteiger partial charge on any atom is 0.0924 e. The van der Waals surface area contributed by atoms with Gasteiger partial charge in [0.05, 0.1) is 11.2 Å². The van der Waals surface area contributed by atoms with E-state index in [4.69, 9.17) is 0 Å². The van der Waals surface area contributed by atoms with Crippen LogP contribution in [-0.2, 0) is 22.0 Å². The molecule has 2 N–H and O–H groups in total. The summed E-state index contributed by atoms with van der Waals surface area (Å²) in [5, 5.41) is 23.5. The predicted molar refractivity (Wildman–Crippen MR) is 128 cm³/mol. The maximum absolute atomic E-state index is 11.7. The van der Waals surface area contributed by atoms with E-state index in [9.17, 15) is 10.2 Å². The third-order valence-corrected chi connectivity index (χ3v) is 8.17. The second-order valence-corrected chi connectivity index (χ2v) is 12.2. The fraction of sp³-hybridized carbons (Fsp3) is 0.586. The molecule has 2 saturated carbocycles. The van der Waals surface area contributed by atoms with Gasteiger partial charge >= 0.3 is 0 Å². The van der Waals surface area contributed by atoms with Crippen LogP contribution in [0.4, 0.5) is 0 Å². The van der Waals surface area contributed by atoms with E-state index < -0.39 is 11.2 Å². The summed E-state index contributed by atoms with van der Waals surface area (Å²) in [5.74, 6) is 0.418. The van der Waals surface area contributed by atoms with Crippen molar-refractivity contribution in [2.45, 2.75) is 95.7 Å². The minimum atomic E-state index is -0.773. The summed E-state index contributed by atoms with van der Waals surface area (Å²) in [5.41, 5.74) is 3.36. The topological polar surface area (TPSA) is 40.5 Å². The molecule has 2 aromatic rings. The largest absolute Gasteiger partial charge is 0.385 e. The fourth-order valence-electron chi connectivity index (χ4n) is 5.92. The highest BCUT2D eigenvalue weighted by molar-refractivity contribution is 5.35. The minimum absolute atomic E-state index is 0.114. The summed E-state index contributed by atoms with van der Waals surface area (Å²) in [6.07, 6.45) is 4.03. The normalized spacial score (nSPS) is 31.5. The molecule has 0 unspecified atom stereocenters. The molecule has 4 atom stereocenters. The van der Waals surface area contributed by atoms with Gasteiger partial charge in [0.1, 0.15) is 0 Å². The highest BCUT2D eigenvalue weighted by atomic mass is 16.3. The molecular formula is C29H40O2. The molecule has 2 bridgehead atoms. The number of rotatable bonds is 2. The van der Waals surface area contributed by atoms with Gasteiger partial charge in [0, 0.05) is 0 Å². The molecule has 31 heavy (non-hydrogen) atoms. The second kappa shape index (κ2) is 7.46. The zero-order chi connectivity index (χ0) is 22.7. The Morgan fingerprint density at radius 1 is 0.613 bits per heavy atom. The van der Waals surface area contributed by atoms with E-state index in [0.29, 0.717) is 0 Å². The van der Waals surface area contributed by atoms with Crippen LogP contribution in [0.1, 0.15) is 95.9 Å². The zero-order valence-electron chi connectivity index (χ0n) is 20.2. The van der Waals surface area contributed by atoms with Crippen LogP contribution in [0.25, 0.3) is 0 Å². The van der Waals surface area contributed by atoms with Crippen molar-refractivity contribution in [3.8, 4) is 0 Å². The van der Waals surface area contributed by atoms with E-state index >= 15 is 0 Å². The molecule has 2 nitrogen and oxygen atoms in total. The molecule has 2 fully saturated rings. The van der Waals surface area contributed by atoms with Crippen LogP contribution in [0.2, 0.25) is 0 Å². The number of fused-ring (bicyclic) bond motifs is 2. The third kappa shape index (κ3) is 3.98. The van der Waals surface area contributed by atoms with E-state index in [2.05, 4.69) is 90.1 Å². The minimum Gasteiger partial charge on any atom is -0.385 e. The molecule has 4 rings (SSSR count). The Balaban J connectivity index is 1.55.